The summed E-state index contributed by atoms with van der Waals surface area (Å²) in [5, 5.41) is 65.2. The molecule has 0 aliphatic carbocycles. The molecule has 17 nitrogen and oxygen atoms in total. The minimum Gasteiger partial charge on any atom is -0.872 e. The van der Waals surface area contributed by atoms with Gasteiger partial charge in [0.25, 0.3) is 21.2 Å². The molecule has 0 aromatic heterocycles. The van der Waals surface area contributed by atoms with E-state index >= 15 is 0 Å². The number of unbranched alkanes of at least 4 members (excludes halogenated alkanes) is 4. The summed E-state index contributed by atoms with van der Waals surface area (Å²) in [5.74, 6) is -1.62. The smallest absolute Gasteiger partial charge is 0.872 e. The van der Waals surface area contributed by atoms with E-state index in [1.807, 2.05) is 0 Å². The van der Waals surface area contributed by atoms with E-state index in [1.54, 1.807) is 12.1 Å². The van der Waals surface area contributed by atoms with Gasteiger partial charge in [-0.1, -0.05) is 49.3 Å². The molecule has 185 valence electrons. The number of nitrogens with zero attached hydrogens (tertiary/aromatic N) is 3. The first-order valence-corrected chi connectivity index (χ1v) is 8.55. The topological polar surface area (TPSA) is 282 Å². The van der Waals surface area contributed by atoms with Crippen molar-refractivity contribution in [3.63, 3.8) is 0 Å². The average molecular weight is 582 g/mol. The van der Waals surface area contributed by atoms with Crippen LogP contribution in [0.1, 0.15) is 48.9 Å². The van der Waals surface area contributed by atoms with Gasteiger partial charge in [0.15, 0.2) is 0 Å². The molecule has 0 aliphatic heterocycles. The van der Waals surface area contributed by atoms with Crippen LogP contribution in [0.3, 0.4) is 0 Å². The Morgan fingerprint density at radius 3 is 1.57 bits per heavy atom. The van der Waals surface area contributed by atoms with E-state index in [2.05, 4.69) is 5.32 Å². The number of carboxylic acids is 1. The Kier molecular flexibility index (Phi) is 42.8. The van der Waals surface area contributed by atoms with Crippen molar-refractivity contribution in [1.82, 2.24) is 5.32 Å². The van der Waals surface area contributed by atoms with Crippen LogP contribution in [0.2, 0.25) is 0 Å². The molecule has 1 aromatic carbocycles. The quantitative estimate of drug-likeness (QED) is 0.0913. The number of hydrogen-bond acceptors (Lipinski definition) is 10. The predicted molar refractivity (Wildman–Crippen MR) is 103 cm³/mol. The van der Waals surface area contributed by atoms with E-state index in [1.165, 1.54) is 12.1 Å². The molecule has 20 heteroatoms. The summed E-state index contributed by atoms with van der Waals surface area (Å²) in [5.41, 5.74) is 0.168. The zero-order valence-electron chi connectivity index (χ0n) is 19.1. The van der Waals surface area contributed by atoms with Crippen LogP contribution >= 0.6 is 0 Å². The maximum atomic E-state index is 11.7. The summed E-state index contributed by atoms with van der Waals surface area (Å²) in [6, 6.07) is 6.14. The summed E-state index contributed by atoms with van der Waals surface area (Å²) in [6.45, 7) is 0.521. The Hall–Kier alpha value is -1.80. The predicted octanol–water partition coefficient (Wildman–Crippen LogP) is -6.84. The van der Waals surface area contributed by atoms with Crippen LogP contribution in [0.5, 0.6) is 5.75 Å². The Labute approximate surface area is 255 Å². The molecule has 0 fully saturated rings. The Balaban J connectivity index is -0.000000118. The van der Waals surface area contributed by atoms with Crippen molar-refractivity contribution < 1.29 is 110 Å². The first kappa shape index (κ1) is 46.5. The van der Waals surface area contributed by atoms with E-state index in [9.17, 15) is 19.8 Å². The third kappa shape index (κ3) is 50.1. The van der Waals surface area contributed by atoms with Crippen molar-refractivity contribution in [2.45, 2.75) is 38.5 Å². The second-order valence-corrected chi connectivity index (χ2v) is 5.36. The molecule has 0 heterocycles. The van der Waals surface area contributed by atoms with E-state index in [-0.39, 0.29) is 103 Å². The van der Waals surface area contributed by atoms with E-state index in [4.69, 9.17) is 46.0 Å². The number of carboxylic acid groups (broad SMARTS) is 1. The van der Waals surface area contributed by atoms with Gasteiger partial charge in [-0.15, -0.1) is 30.3 Å². The molecule has 3 radical (unpaired) electrons. The molecule has 35 heavy (non-hydrogen) atoms. The molecule has 0 aliphatic rings. The van der Waals surface area contributed by atoms with E-state index < -0.39 is 21.2 Å². The second kappa shape index (κ2) is 32.2. The minimum atomic E-state index is -1.50. The Morgan fingerprint density at radius 2 is 1.17 bits per heavy atom. The zero-order chi connectivity index (χ0) is 25.5. The third-order valence-corrected chi connectivity index (χ3v) is 2.97. The number of rotatable bonds is 9. The molecule has 0 saturated carbocycles. The SMILES string of the molecule is O=C([O-])CCCCCCCNC(=O)c1ccccc1[O-].O=[N+]([O-])O.O=[N+]([O-])O.O=[N+]([O-])O.[Ga].[Na+].[Na+]. The number of hydrogen-bond donors (Lipinski definition) is 4. The molecule has 1 rings (SSSR count). The van der Waals surface area contributed by atoms with E-state index in [0.717, 1.165) is 25.7 Å². The Morgan fingerprint density at radius 1 is 0.800 bits per heavy atom. The molecule has 0 unspecified atom stereocenters. The number of amides is 1. The molecule has 0 bridgehead atoms. The van der Waals surface area contributed by atoms with Crippen LogP contribution in [0.4, 0.5) is 0 Å². The van der Waals surface area contributed by atoms with Gasteiger partial charge in [-0.05, 0) is 19.3 Å². The van der Waals surface area contributed by atoms with Crippen LogP contribution in [-0.2, 0) is 4.79 Å². The standard InChI is InChI=1S/C15H21NO4.Ga.3HNO3.2Na/c17-13-9-6-5-8-12(13)15(20)16-11-7-3-1-2-4-10-14(18)19;;3*2-1(3)4;;/h5-6,8-9,17H,1-4,7,10-11H2,(H,16,20)(H,18,19);;3*(H,2,3,4);;/q;;;;;2*+1/p-2. The number of carbonyl (C=O) groups is 2. The van der Waals surface area contributed by atoms with Crippen LogP contribution in [-0.4, -0.2) is 69.1 Å². The molecular formula is C15H22GaN4Na2O13. The molecule has 0 atom stereocenters. The van der Waals surface area contributed by atoms with Gasteiger partial charge in [0.05, 0.1) is 0 Å². The van der Waals surface area contributed by atoms with E-state index in [0.29, 0.717) is 13.0 Å². The zero-order valence-corrected chi connectivity index (χ0v) is 25.5. The van der Waals surface area contributed by atoms with Gasteiger partial charge < -0.3 is 35.9 Å². The van der Waals surface area contributed by atoms with Crippen LogP contribution in [0.15, 0.2) is 24.3 Å². The first-order chi connectivity index (χ1) is 14.8. The largest absolute Gasteiger partial charge is 1.00 e. The number of carbonyl (C=O) groups excluding carboxylic acids is 2. The molecule has 4 N–H and O–H groups in total. The van der Waals surface area contributed by atoms with Gasteiger partial charge in [-0.2, -0.15) is 0 Å². The van der Waals surface area contributed by atoms with Crippen molar-refractivity contribution in [2.75, 3.05) is 6.54 Å². The van der Waals surface area contributed by atoms with Gasteiger partial charge in [0.2, 0.25) is 0 Å². The van der Waals surface area contributed by atoms with Gasteiger partial charge in [-0.3, -0.25) is 4.79 Å². The summed E-state index contributed by atoms with van der Waals surface area (Å²) in [4.78, 5) is 47.0. The summed E-state index contributed by atoms with van der Waals surface area (Å²) >= 11 is 0. The van der Waals surface area contributed by atoms with Crippen molar-refractivity contribution in [2.24, 2.45) is 0 Å². The second-order valence-electron chi connectivity index (χ2n) is 5.36. The van der Waals surface area contributed by atoms with Gasteiger partial charge in [0.1, 0.15) is 0 Å². The minimum absolute atomic E-state index is 0. The molecule has 1 aromatic rings. The fraction of sp³-hybridized carbons (Fsp3) is 0.467. The van der Waals surface area contributed by atoms with Crippen LogP contribution in [0, 0.1) is 30.3 Å². The summed E-state index contributed by atoms with van der Waals surface area (Å²) in [6.07, 6.45) is 4.27. The maximum absolute atomic E-state index is 11.7. The Bertz CT molecular complexity index is 691. The molecular weight excluding hydrogens is 560 g/mol. The van der Waals surface area contributed by atoms with Crippen LogP contribution in [0.25, 0.3) is 0 Å². The van der Waals surface area contributed by atoms with Crippen molar-refractivity contribution in [1.29, 1.82) is 0 Å². The molecule has 0 spiro atoms. The van der Waals surface area contributed by atoms with Gasteiger partial charge in [0, 0.05) is 37.9 Å². The molecule has 0 saturated heterocycles. The number of nitrogens with one attached hydrogen (secondary N) is 1. The fourth-order valence-corrected chi connectivity index (χ4v) is 1.88. The first-order valence-electron chi connectivity index (χ1n) is 8.55. The normalized spacial score (nSPS) is 7.89. The number of para-hydroxylation sites is 1. The van der Waals surface area contributed by atoms with Crippen molar-refractivity contribution >= 4 is 31.7 Å². The van der Waals surface area contributed by atoms with Gasteiger partial charge >= 0.3 is 59.1 Å². The van der Waals surface area contributed by atoms with Gasteiger partial charge in [-0.25, -0.2) is 0 Å². The maximum Gasteiger partial charge on any atom is 1.00 e. The van der Waals surface area contributed by atoms with Crippen molar-refractivity contribution in [3.05, 3.63) is 60.2 Å². The average Bonchev–Trinajstić information content (AvgIpc) is 2.62. The molecule has 1 amide bonds. The van der Waals surface area contributed by atoms with Crippen molar-refractivity contribution in [3.8, 4) is 5.75 Å². The summed E-state index contributed by atoms with van der Waals surface area (Å²) < 4.78 is 0. The summed E-state index contributed by atoms with van der Waals surface area (Å²) in [7, 11) is 0. The number of benzene rings is 1. The number of aliphatic carboxylic acids is 1. The fourth-order valence-electron chi connectivity index (χ4n) is 1.88. The monoisotopic (exact) mass is 581 g/mol. The third-order valence-electron chi connectivity index (χ3n) is 2.97. The van der Waals surface area contributed by atoms with Crippen LogP contribution < -0.4 is 74.6 Å².